The summed E-state index contributed by atoms with van der Waals surface area (Å²) >= 11 is 5.97. The fraction of sp³-hybridized carbons (Fsp3) is 0.444. The molecule has 34 heavy (non-hydrogen) atoms. The van der Waals surface area contributed by atoms with Gasteiger partial charge in [0.2, 0.25) is 0 Å². The fourth-order valence-electron chi connectivity index (χ4n) is 5.36. The molecule has 0 saturated carbocycles. The number of H-pyrrole nitrogens is 1. The third kappa shape index (κ3) is 4.95. The van der Waals surface area contributed by atoms with Crippen molar-refractivity contribution in [2.24, 2.45) is 0 Å². The molecule has 180 valence electrons. The summed E-state index contributed by atoms with van der Waals surface area (Å²) in [5.74, 6) is 0.448. The van der Waals surface area contributed by atoms with Crippen molar-refractivity contribution >= 4 is 28.4 Å². The number of likely N-dealkylation sites (tertiary alicyclic amines) is 2. The molecule has 1 unspecified atom stereocenters. The Bertz CT molecular complexity index is 1120. The Morgan fingerprint density at radius 1 is 1.03 bits per heavy atom. The molecule has 2 saturated heterocycles. The number of hydrogen-bond acceptors (Lipinski definition) is 4. The lowest BCUT2D eigenvalue weighted by atomic mass is 9.98. The highest BCUT2D eigenvalue weighted by atomic mass is 35.5. The molecule has 1 atom stereocenters. The Morgan fingerprint density at radius 2 is 1.74 bits per heavy atom. The van der Waals surface area contributed by atoms with E-state index in [1.54, 1.807) is 24.3 Å². The van der Waals surface area contributed by atoms with E-state index in [4.69, 9.17) is 16.3 Å². The standard InChI is InChI=1S/C27H32ClN3O3/c28-19-8-10-21(11-9-19)34-18-24-25(22-6-2-3-7-23(22)29-24)26(32)27(33)31-16-12-20(13-17-31)30-14-4-1-5-15-30/h2-3,6-11,20,26,29,32H,1,4-5,12-18H2. The summed E-state index contributed by atoms with van der Waals surface area (Å²) in [6.07, 6.45) is 4.59. The van der Waals surface area contributed by atoms with Crippen LogP contribution >= 0.6 is 11.6 Å². The topological polar surface area (TPSA) is 68.8 Å². The summed E-state index contributed by atoms with van der Waals surface area (Å²) in [4.78, 5) is 21.1. The second-order valence-electron chi connectivity index (χ2n) is 9.36. The minimum Gasteiger partial charge on any atom is -0.487 e. The van der Waals surface area contributed by atoms with Gasteiger partial charge in [-0.2, -0.15) is 0 Å². The van der Waals surface area contributed by atoms with Gasteiger partial charge >= 0.3 is 0 Å². The summed E-state index contributed by atoms with van der Waals surface area (Å²) in [5.41, 5.74) is 2.19. The van der Waals surface area contributed by atoms with Gasteiger partial charge in [-0.05, 0) is 69.1 Å². The lowest BCUT2D eigenvalue weighted by molar-refractivity contribution is -0.142. The van der Waals surface area contributed by atoms with Crippen molar-refractivity contribution in [2.75, 3.05) is 26.2 Å². The summed E-state index contributed by atoms with van der Waals surface area (Å²) in [7, 11) is 0. The number of aliphatic hydroxyl groups excluding tert-OH is 1. The van der Waals surface area contributed by atoms with Crippen LogP contribution in [0.15, 0.2) is 48.5 Å². The first kappa shape index (κ1) is 23.2. The predicted octanol–water partition coefficient (Wildman–Crippen LogP) is 4.91. The van der Waals surface area contributed by atoms with Crippen molar-refractivity contribution in [3.8, 4) is 5.75 Å². The summed E-state index contributed by atoms with van der Waals surface area (Å²) in [6.45, 7) is 3.94. The number of aromatic nitrogens is 1. The predicted molar refractivity (Wildman–Crippen MR) is 134 cm³/mol. The van der Waals surface area contributed by atoms with E-state index >= 15 is 0 Å². The maximum absolute atomic E-state index is 13.4. The van der Waals surface area contributed by atoms with Gasteiger partial charge < -0.3 is 24.6 Å². The van der Waals surface area contributed by atoms with Crippen LogP contribution < -0.4 is 4.74 Å². The zero-order chi connectivity index (χ0) is 23.5. The maximum atomic E-state index is 13.4. The molecule has 7 heteroatoms. The van der Waals surface area contributed by atoms with Crippen LogP contribution in [0.25, 0.3) is 10.9 Å². The monoisotopic (exact) mass is 481 g/mol. The fourth-order valence-corrected chi connectivity index (χ4v) is 5.49. The average Bonchev–Trinajstić information content (AvgIpc) is 3.26. The highest BCUT2D eigenvalue weighted by Crippen LogP contribution is 2.31. The number of carbonyl (C=O) groups is 1. The summed E-state index contributed by atoms with van der Waals surface area (Å²) < 4.78 is 5.94. The van der Waals surface area contributed by atoms with Crippen molar-refractivity contribution in [2.45, 2.75) is 50.9 Å². The number of nitrogens with zero attached hydrogens (tertiary/aromatic N) is 2. The number of fused-ring (bicyclic) bond motifs is 1. The van der Waals surface area contributed by atoms with Crippen LogP contribution in [-0.2, 0) is 11.4 Å². The molecule has 6 nitrogen and oxygen atoms in total. The molecular weight excluding hydrogens is 450 g/mol. The number of para-hydroxylation sites is 1. The van der Waals surface area contributed by atoms with Crippen LogP contribution in [0.4, 0.5) is 0 Å². The van der Waals surface area contributed by atoms with Crippen LogP contribution in [0.2, 0.25) is 5.02 Å². The number of aliphatic hydroxyl groups is 1. The van der Waals surface area contributed by atoms with Crippen LogP contribution in [-0.4, -0.2) is 58.0 Å². The number of piperidine rings is 2. The van der Waals surface area contributed by atoms with Gasteiger partial charge in [-0.15, -0.1) is 0 Å². The number of halogens is 1. The molecule has 0 bridgehead atoms. The van der Waals surface area contributed by atoms with E-state index in [-0.39, 0.29) is 12.5 Å². The second kappa shape index (κ2) is 10.4. The number of carbonyl (C=O) groups excluding carboxylic acids is 1. The van der Waals surface area contributed by atoms with Gasteiger partial charge in [0.15, 0.2) is 6.10 Å². The zero-order valence-corrected chi connectivity index (χ0v) is 20.1. The van der Waals surface area contributed by atoms with Crippen molar-refractivity contribution in [3.63, 3.8) is 0 Å². The third-order valence-electron chi connectivity index (χ3n) is 7.22. The largest absolute Gasteiger partial charge is 0.487 e. The van der Waals surface area contributed by atoms with Gasteiger partial charge in [0, 0.05) is 40.6 Å². The highest BCUT2D eigenvalue weighted by Gasteiger charge is 2.33. The Morgan fingerprint density at radius 3 is 2.47 bits per heavy atom. The Hall–Kier alpha value is -2.54. The third-order valence-corrected chi connectivity index (χ3v) is 7.47. The lowest BCUT2D eigenvalue weighted by Gasteiger charge is -2.40. The first-order valence-corrected chi connectivity index (χ1v) is 12.7. The average molecular weight is 482 g/mol. The molecule has 2 N–H and O–H groups in total. The van der Waals surface area contributed by atoms with Crippen LogP contribution in [0, 0.1) is 0 Å². The van der Waals surface area contributed by atoms with Crippen molar-refractivity contribution in [1.82, 2.24) is 14.8 Å². The van der Waals surface area contributed by atoms with E-state index in [9.17, 15) is 9.90 Å². The van der Waals surface area contributed by atoms with E-state index in [1.807, 2.05) is 29.2 Å². The van der Waals surface area contributed by atoms with Gasteiger partial charge in [0.25, 0.3) is 5.91 Å². The summed E-state index contributed by atoms with van der Waals surface area (Å²) in [6, 6.07) is 15.5. The number of amides is 1. The smallest absolute Gasteiger partial charge is 0.256 e. The summed E-state index contributed by atoms with van der Waals surface area (Å²) in [5, 5.41) is 12.8. The molecule has 5 rings (SSSR count). The normalized spacial score (nSPS) is 18.8. The number of hydrogen-bond donors (Lipinski definition) is 2. The Labute approximate surface area is 205 Å². The molecule has 0 radical (unpaired) electrons. The van der Waals surface area contributed by atoms with Crippen molar-refractivity contribution < 1.29 is 14.6 Å². The molecule has 2 aliphatic rings. The minimum absolute atomic E-state index is 0.215. The number of ether oxygens (including phenoxy) is 1. The number of rotatable bonds is 6. The van der Waals surface area contributed by atoms with Gasteiger partial charge in [-0.1, -0.05) is 36.2 Å². The minimum atomic E-state index is -1.23. The second-order valence-corrected chi connectivity index (χ2v) is 9.80. The lowest BCUT2D eigenvalue weighted by Crippen LogP contribution is -2.49. The van der Waals surface area contributed by atoms with E-state index < -0.39 is 6.10 Å². The van der Waals surface area contributed by atoms with Gasteiger partial charge in [-0.3, -0.25) is 4.79 Å². The first-order valence-electron chi connectivity index (χ1n) is 12.3. The Kier molecular flexibility index (Phi) is 7.09. The van der Waals surface area contributed by atoms with E-state index in [0.717, 1.165) is 23.7 Å². The Balaban J connectivity index is 1.30. The highest BCUT2D eigenvalue weighted by molar-refractivity contribution is 6.30. The van der Waals surface area contributed by atoms with E-state index in [1.165, 1.54) is 32.4 Å². The number of nitrogens with one attached hydrogen (secondary N) is 1. The molecule has 3 heterocycles. The molecule has 1 amide bonds. The van der Waals surface area contributed by atoms with E-state index in [0.29, 0.717) is 41.2 Å². The van der Waals surface area contributed by atoms with E-state index in [2.05, 4.69) is 9.88 Å². The molecule has 0 aliphatic carbocycles. The number of benzene rings is 2. The molecule has 3 aromatic rings. The quantitative estimate of drug-likeness (QED) is 0.525. The molecule has 1 aromatic heterocycles. The van der Waals surface area contributed by atoms with Gasteiger partial charge in [0.05, 0.1) is 5.69 Å². The maximum Gasteiger partial charge on any atom is 0.256 e. The molecule has 0 spiro atoms. The number of aromatic amines is 1. The first-order chi connectivity index (χ1) is 16.6. The van der Waals surface area contributed by atoms with Crippen molar-refractivity contribution in [3.05, 3.63) is 64.8 Å². The van der Waals surface area contributed by atoms with Crippen LogP contribution in [0.3, 0.4) is 0 Å². The van der Waals surface area contributed by atoms with Gasteiger partial charge in [-0.25, -0.2) is 0 Å². The molecular formula is C27H32ClN3O3. The molecule has 2 aliphatic heterocycles. The SMILES string of the molecule is O=C(C(O)c1c(COc2ccc(Cl)cc2)[nH]c2ccccc12)N1CCC(N2CCCCC2)CC1. The van der Waals surface area contributed by atoms with Crippen molar-refractivity contribution in [1.29, 1.82) is 0 Å². The van der Waals surface area contributed by atoms with Crippen LogP contribution in [0.1, 0.15) is 49.5 Å². The molecule has 2 aromatic carbocycles. The van der Waals surface area contributed by atoms with Gasteiger partial charge in [0.1, 0.15) is 12.4 Å². The zero-order valence-electron chi connectivity index (χ0n) is 19.4. The molecule has 2 fully saturated rings. The van der Waals surface area contributed by atoms with Crippen LogP contribution in [0.5, 0.6) is 5.75 Å².